The number of halogens is 2. The van der Waals surface area contributed by atoms with Crippen molar-refractivity contribution in [2.75, 3.05) is 11.9 Å². The van der Waals surface area contributed by atoms with E-state index in [0.29, 0.717) is 5.56 Å². The van der Waals surface area contributed by atoms with Crippen LogP contribution in [0.15, 0.2) is 42.5 Å². The van der Waals surface area contributed by atoms with Crippen LogP contribution < -0.4 is 15.4 Å². The third kappa shape index (κ3) is 5.20. The maximum atomic E-state index is 14.0. The number of rotatable bonds is 6. The molecule has 0 aliphatic heterocycles. The zero-order valence-electron chi connectivity index (χ0n) is 13.1. The van der Waals surface area contributed by atoms with Gasteiger partial charge in [0.05, 0.1) is 12.6 Å². The van der Waals surface area contributed by atoms with Crippen molar-refractivity contribution in [1.29, 1.82) is 0 Å². The standard InChI is InChI=1S/C17H18F2N2O3/c1-11(9-22)20-17(23)21-14-5-6-16(15(19)8-14)24-10-12-3-2-4-13(18)7-12/h2-8,11,22H,9-10H2,1H3,(H2,20,21,23). The maximum Gasteiger partial charge on any atom is 0.319 e. The number of aliphatic hydroxyl groups is 1. The number of hydrogen-bond donors (Lipinski definition) is 3. The van der Waals surface area contributed by atoms with Gasteiger partial charge in [0.15, 0.2) is 11.6 Å². The summed E-state index contributed by atoms with van der Waals surface area (Å²) in [4.78, 5) is 11.6. The van der Waals surface area contributed by atoms with E-state index in [0.717, 1.165) is 6.07 Å². The second-order valence-corrected chi connectivity index (χ2v) is 5.25. The van der Waals surface area contributed by atoms with Gasteiger partial charge < -0.3 is 20.5 Å². The Bertz CT molecular complexity index is 710. The number of aliphatic hydroxyl groups excluding tert-OH is 1. The van der Waals surface area contributed by atoms with Crippen LogP contribution in [0.25, 0.3) is 0 Å². The van der Waals surface area contributed by atoms with Crippen LogP contribution in [0.3, 0.4) is 0 Å². The Kier molecular flexibility index (Phi) is 6.08. The monoisotopic (exact) mass is 336 g/mol. The molecule has 1 unspecified atom stereocenters. The quantitative estimate of drug-likeness (QED) is 0.759. The summed E-state index contributed by atoms with van der Waals surface area (Å²) in [5.74, 6) is -1.05. The summed E-state index contributed by atoms with van der Waals surface area (Å²) in [6.45, 7) is 1.45. The molecule has 7 heteroatoms. The molecule has 0 heterocycles. The second kappa shape index (κ2) is 8.26. The van der Waals surface area contributed by atoms with Gasteiger partial charge in [-0.1, -0.05) is 12.1 Å². The van der Waals surface area contributed by atoms with E-state index in [4.69, 9.17) is 9.84 Å². The minimum absolute atomic E-state index is 0.00561. The van der Waals surface area contributed by atoms with E-state index >= 15 is 0 Å². The molecule has 2 amide bonds. The largest absolute Gasteiger partial charge is 0.486 e. The molecular weight excluding hydrogens is 318 g/mol. The molecule has 5 nitrogen and oxygen atoms in total. The van der Waals surface area contributed by atoms with Crippen molar-refractivity contribution in [3.63, 3.8) is 0 Å². The van der Waals surface area contributed by atoms with Gasteiger partial charge in [-0.25, -0.2) is 13.6 Å². The smallest absolute Gasteiger partial charge is 0.319 e. The van der Waals surface area contributed by atoms with E-state index in [2.05, 4.69) is 10.6 Å². The lowest BCUT2D eigenvalue weighted by atomic mass is 10.2. The van der Waals surface area contributed by atoms with Crippen LogP contribution in [0.4, 0.5) is 19.3 Å². The molecule has 2 aromatic carbocycles. The molecule has 0 radical (unpaired) electrons. The number of hydrogen-bond acceptors (Lipinski definition) is 3. The molecule has 0 aliphatic rings. The van der Waals surface area contributed by atoms with Gasteiger partial charge >= 0.3 is 6.03 Å². The summed E-state index contributed by atoms with van der Waals surface area (Å²) >= 11 is 0. The topological polar surface area (TPSA) is 70.6 Å². The van der Waals surface area contributed by atoms with Crippen molar-refractivity contribution in [2.24, 2.45) is 0 Å². The Morgan fingerprint density at radius 1 is 1.25 bits per heavy atom. The normalized spacial score (nSPS) is 11.7. The minimum atomic E-state index is -0.653. The van der Waals surface area contributed by atoms with E-state index in [9.17, 15) is 13.6 Å². The Morgan fingerprint density at radius 3 is 2.71 bits per heavy atom. The number of carbonyl (C=O) groups is 1. The van der Waals surface area contributed by atoms with Crippen LogP contribution in [0.1, 0.15) is 12.5 Å². The second-order valence-electron chi connectivity index (χ2n) is 5.25. The molecule has 0 bridgehead atoms. The van der Waals surface area contributed by atoms with Crippen molar-refractivity contribution in [3.8, 4) is 5.75 Å². The zero-order chi connectivity index (χ0) is 17.5. The highest BCUT2D eigenvalue weighted by Gasteiger charge is 2.09. The fraction of sp³-hybridized carbons (Fsp3) is 0.235. The number of benzene rings is 2. The molecule has 0 saturated carbocycles. The lowest BCUT2D eigenvalue weighted by Gasteiger charge is -2.13. The van der Waals surface area contributed by atoms with Gasteiger partial charge in [0.2, 0.25) is 0 Å². The number of amides is 2. The maximum absolute atomic E-state index is 14.0. The fourth-order valence-corrected chi connectivity index (χ4v) is 1.92. The van der Waals surface area contributed by atoms with Gasteiger partial charge in [0.25, 0.3) is 0 Å². The summed E-state index contributed by atoms with van der Waals surface area (Å²) in [7, 11) is 0. The average molecular weight is 336 g/mol. The van der Waals surface area contributed by atoms with E-state index in [1.165, 1.54) is 24.3 Å². The summed E-state index contributed by atoms with van der Waals surface area (Å²) in [5, 5.41) is 13.8. The first-order valence-electron chi connectivity index (χ1n) is 7.33. The molecule has 24 heavy (non-hydrogen) atoms. The summed E-state index contributed by atoms with van der Waals surface area (Å²) in [6, 6.07) is 8.84. The van der Waals surface area contributed by atoms with Crippen LogP contribution in [0, 0.1) is 11.6 Å². The van der Waals surface area contributed by atoms with Gasteiger partial charge in [-0.15, -0.1) is 0 Å². The van der Waals surface area contributed by atoms with Crippen LogP contribution >= 0.6 is 0 Å². The Hall–Kier alpha value is -2.67. The van der Waals surface area contributed by atoms with Crippen LogP contribution in [0.2, 0.25) is 0 Å². The lowest BCUT2D eigenvalue weighted by molar-refractivity contribution is 0.229. The molecule has 0 aliphatic carbocycles. The number of urea groups is 1. The third-order valence-electron chi connectivity index (χ3n) is 3.12. The van der Waals surface area contributed by atoms with Crippen molar-refractivity contribution in [2.45, 2.75) is 19.6 Å². The predicted octanol–water partition coefficient (Wildman–Crippen LogP) is 3.05. The number of nitrogens with one attached hydrogen (secondary N) is 2. The third-order valence-corrected chi connectivity index (χ3v) is 3.12. The fourth-order valence-electron chi connectivity index (χ4n) is 1.92. The van der Waals surface area contributed by atoms with Crippen LogP contribution in [0.5, 0.6) is 5.75 Å². The minimum Gasteiger partial charge on any atom is -0.486 e. The molecule has 3 N–H and O–H groups in total. The van der Waals surface area contributed by atoms with E-state index in [1.807, 2.05) is 0 Å². The molecule has 2 rings (SSSR count). The van der Waals surface area contributed by atoms with Gasteiger partial charge in [0.1, 0.15) is 12.4 Å². The predicted molar refractivity (Wildman–Crippen MR) is 85.8 cm³/mol. The molecule has 0 fully saturated rings. The van der Waals surface area contributed by atoms with Crippen LogP contribution in [-0.4, -0.2) is 23.8 Å². The molecule has 1 atom stereocenters. The van der Waals surface area contributed by atoms with Gasteiger partial charge in [-0.05, 0) is 36.8 Å². The molecule has 2 aromatic rings. The first-order chi connectivity index (χ1) is 11.5. The van der Waals surface area contributed by atoms with E-state index < -0.39 is 17.9 Å². The Morgan fingerprint density at radius 2 is 2.04 bits per heavy atom. The Balaban J connectivity index is 1.95. The van der Waals surface area contributed by atoms with Gasteiger partial charge in [0, 0.05) is 11.8 Å². The summed E-state index contributed by atoms with van der Waals surface area (Å²) in [5.41, 5.74) is 0.821. The van der Waals surface area contributed by atoms with Gasteiger partial charge in [-0.2, -0.15) is 0 Å². The summed E-state index contributed by atoms with van der Waals surface area (Å²) in [6.07, 6.45) is 0. The van der Waals surface area contributed by atoms with E-state index in [-0.39, 0.29) is 30.5 Å². The highest BCUT2D eigenvalue weighted by Crippen LogP contribution is 2.22. The molecule has 0 spiro atoms. The lowest BCUT2D eigenvalue weighted by Crippen LogP contribution is -2.38. The molecule has 0 saturated heterocycles. The first-order valence-corrected chi connectivity index (χ1v) is 7.33. The van der Waals surface area contributed by atoms with Crippen molar-refractivity contribution >= 4 is 11.7 Å². The van der Waals surface area contributed by atoms with Crippen molar-refractivity contribution in [1.82, 2.24) is 5.32 Å². The summed E-state index contributed by atoms with van der Waals surface area (Å²) < 4.78 is 32.4. The zero-order valence-corrected chi connectivity index (χ0v) is 13.1. The first kappa shape index (κ1) is 17.7. The van der Waals surface area contributed by atoms with Gasteiger partial charge in [-0.3, -0.25) is 0 Å². The molecule has 0 aromatic heterocycles. The number of anilines is 1. The molecule has 128 valence electrons. The van der Waals surface area contributed by atoms with E-state index in [1.54, 1.807) is 19.1 Å². The highest BCUT2D eigenvalue weighted by atomic mass is 19.1. The highest BCUT2D eigenvalue weighted by molar-refractivity contribution is 5.89. The van der Waals surface area contributed by atoms with Crippen LogP contribution in [-0.2, 0) is 6.61 Å². The average Bonchev–Trinajstić information content (AvgIpc) is 2.54. The number of carbonyl (C=O) groups excluding carboxylic acids is 1. The Labute approximate surface area is 138 Å². The molecular formula is C17H18F2N2O3. The number of ether oxygens (including phenoxy) is 1. The van der Waals surface area contributed by atoms with Crippen molar-refractivity contribution < 1.29 is 23.4 Å². The SMILES string of the molecule is CC(CO)NC(=O)Nc1ccc(OCc2cccc(F)c2)c(F)c1. The van der Waals surface area contributed by atoms with Crippen molar-refractivity contribution in [3.05, 3.63) is 59.7 Å².